The average Bonchev–Trinajstić information content (AvgIpc) is 2.71. The molecule has 0 aromatic heterocycles. The summed E-state index contributed by atoms with van der Waals surface area (Å²) in [5.41, 5.74) is 0.379. The lowest BCUT2D eigenvalue weighted by Crippen LogP contribution is -2.68. The maximum Gasteiger partial charge on any atom is 0.249 e. The molecule has 2 amide bonds. The lowest BCUT2D eigenvalue weighted by Gasteiger charge is -2.55. The van der Waals surface area contributed by atoms with E-state index in [1.165, 1.54) is 6.42 Å². The molecule has 2 saturated heterocycles. The van der Waals surface area contributed by atoms with Crippen LogP contribution in [-0.4, -0.2) is 54.5 Å². The highest BCUT2D eigenvalue weighted by molar-refractivity contribution is 5.83. The summed E-state index contributed by atoms with van der Waals surface area (Å²) in [6.45, 7) is 3.45. The van der Waals surface area contributed by atoms with E-state index >= 15 is 0 Å². The fourth-order valence-corrected chi connectivity index (χ4v) is 5.34. The van der Waals surface area contributed by atoms with Crippen LogP contribution < -0.4 is 0 Å². The standard InChI is InChI=1S/C22H30N2O3/c1-21(11-7-4-8-12-21)20(26)24-14-13-22(17-9-5-3-6-10-17)18(15-24)27-16-19(25)23(22)2/h3,5-6,9-10,18H,4,7-8,11-16H2,1-2H3/t18-,22+/m1/s1. The van der Waals surface area contributed by atoms with Crippen LogP contribution >= 0.6 is 0 Å². The van der Waals surface area contributed by atoms with E-state index in [0.717, 1.165) is 31.2 Å². The van der Waals surface area contributed by atoms with Crippen LogP contribution in [0.25, 0.3) is 0 Å². The van der Waals surface area contributed by atoms with Gasteiger partial charge in [0, 0.05) is 25.6 Å². The molecule has 3 aliphatic rings. The molecule has 1 aliphatic carbocycles. The Kier molecular flexibility index (Phi) is 4.75. The van der Waals surface area contributed by atoms with Crippen molar-refractivity contribution >= 4 is 11.8 Å². The Labute approximate surface area is 161 Å². The Morgan fingerprint density at radius 3 is 2.52 bits per heavy atom. The highest BCUT2D eigenvalue weighted by Crippen LogP contribution is 2.44. The molecule has 5 heteroatoms. The molecule has 0 unspecified atom stereocenters. The molecular weight excluding hydrogens is 340 g/mol. The number of carbonyl (C=O) groups is 2. The predicted molar refractivity (Wildman–Crippen MR) is 103 cm³/mol. The van der Waals surface area contributed by atoms with Gasteiger partial charge in [-0.15, -0.1) is 0 Å². The van der Waals surface area contributed by atoms with Crippen LogP contribution in [0.5, 0.6) is 0 Å². The van der Waals surface area contributed by atoms with E-state index < -0.39 is 5.54 Å². The summed E-state index contributed by atoms with van der Waals surface area (Å²) >= 11 is 0. The van der Waals surface area contributed by atoms with Gasteiger partial charge in [0.2, 0.25) is 11.8 Å². The lowest BCUT2D eigenvalue weighted by molar-refractivity contribution is -0.186. The second-order valence-electron chi connectivity index (χ2n) is 8.67. The van der Waals surface area contributed by atoms with Crippen molar-refractivity contribution in [2.24, 2.45) is 5.41 Å². The van der Waals surface area contributed by atoms with Crippen LogP contribution in [0, 0.1) is 5.41 Å². The number of fused-ring (bicyclic) bond motifs is 1. The van der Waals surface area contributed by atoms with Crippen molar-refractivity contribution in [2.75, 3.05) is 26.7 Å². The van der Waals surface area contributed by atoms with Gasteiger partial charge in [-0.2, -0.15) is 0 Å². The van der Waals surface area contributed by atoms with Gasteiger partial charge in [-0.1, -0.05) is 56.5 Å². The zero-order chi connectivity index (χ0) is 19.1. The first-order valence-electron chi connectivity index (χ1n) is 10.2. The second kappa shape index (κ2) is 6.93. The molecule has 0 N–H and O–H groups in total. The van der Waals surface area contributed by atoms with Crippen molar-refractivity contribution in [3.8, 4) is 0 Å². The number of hydrogen-bond donors (Lipinski definition) is 0. The van der Waals surface area contributed by atoms with E-state index in [0.29, 0.717) is 19.5 Å². The summed E-state index contributed by atoms with van der Waals surface area (Å²) < 4.78 is 6.04. The van der Waals surface area contributed by atoms with Gasteiger partial charge in [0.05, 0.1) is 5.54 Å². The summed E-state index contributed by atoms with van der Waals surface area (Å²) in [5, 5.41) is 0. The van der Waals surface area contributed by atoms with Crippen molar-refractivity contribution in [3.63, 3.8) is 0 Å². The number of ether oxygens (including phenoxy) is 1. The molecule has 3 fully saturated rings. The minimum atomic E-state index is -0.485. The maximum atomic E-state index is 13.3. The molecule has 2 aliphatic heterocycles. The number of likely N-dealkylation sites (tertiary alicyclic amines) is 1. The molecule has 0 bridgehead atoms. The fraction of sp³-hybridized carbons (Fsp3) is 0.636. The molecule has 4 rings (SSSR count). The average molecular weight is 370 g/mol. The van der Waals surface area contributed by atoms with Crippen LogP contribution in [0.4, 0.5) is 0 Å². The summed E-state index contributed by atoms with van der Waals surface area (Å²) in [5.74, 6) is 0.279. The summed E-state index contributed by atoms with van der Waals surface area (Å²) in [6, 6.07) is 10.2. The Balaban J connectivity index is 1.61. The summed E-state index contributed by atoms with van der Waals surface area (Å²) in [7, 11) is 1.88. The molecule has 1 aromatic rings. The molecule has 0 radical (unpaired) electrons. The van der Waals surface area contributed by atoms with Crippen molar-refractivity contribution in [1.82, 2.24) is 9.80 Å². The Morgan fingerprint density at radius 2 is 1.81 bits per heavy atom. The van der Waals surface area contributed by atoms with Crippen LogP contribution in [-0.2, 0) is 19.9 Å². The molecule has 2 heterocycles. The van der Waals surface area contributed by atoms with E-state index in [1.807, 2.05) is 35.0 Å². The number of hydrogen-bond acceptors (Lipinski definition) is 3. The number of nitrogens with zero attached hydrogens (tertiary/aromatic N) is 2. The van der Waals surface area contributed by atoms with Crippen molar-refractivity contribution in [1.29, 1.82) is 0 Å². The van der Waals surface area contributed by atoms with Gasteiger partial charge >= 0.3 is 0 Å². The second-order valence-corrected chi connectivity index (χ2v) is 8.67. The quantitative estimate of drug-likeness (QED) is 0.804. The van der Waals surface area contributed by atoms with Gasteiger partial charge in [-0.25, -0.2) is 0 Å². The smallest absolute Gasteiger partial charge is 0.249 e. The monoisotopic (exact) mass is 370 g/mol. The number of piperidine rings is 1. The van der Waals surface area contributed by atoms with Crippen LogP contribution in [0.2, 0.25) is 0 Å². The largest absolute Gasteiger partial charge is 0.364 e. The molecule has 1 saturated carbocycles. The number of carbonyl (C=O) groups excluding carboxylic acids is 2. The van der Waals surface area contributed by atoms with Gasteiger partial charge in [0.1, 0.15) is 12.7 Å². The van der Waals surface area contributed by atoms with Crippen molar-refractivity contribution in [3.05, 3.63) is 35.9 Å². The van der Waals surface area contributed by atoms with Gasteiger partial charge < -0.3 is 14.5 Å². The number of likely N-dealkylation sites (N-methyl/N-ethyl adjacent to an activating group) is 1. The van der Waals surface area contributed by atoms with E-state index in [9.17, 15) is 9.59 Å². The normalized spacial score (nSPS) is 30.7. The zero-order valence-corrected chi connectivity index (χ0v) is 16.4. The van der Waals surface area contributed by atoms with Crippen LogP contribution in [0.15, 0.2) is 30.3 Å². The van der Waals surface area contributed by atoms with Crippen molar-refractivity contribution < 1.29 is 14.3 Å². The Morgan fingerprint density at radius 1 is 1.11 bits per heavy atom. The number of rotatable bonds is 2. The minimum Gasteiger partial charge on any atom is -0.364 e. The lowest BCUT2D eigenvalue weighted by atomic mass is 9.72. The van der Waals surface area contributed by atoms with Gasteiger partial charge in [0.15, 0.2) is 0 Å². The predicted octanol–water partition coefficient (Wildman–Crippen LogP) is 2.94. The van der Waals surface area contributed by atoms with Gasteiger partial charge in [-0.3, -0.25) is 9.59 Å². The van der Waals surface area contributed by atoms with E-state index in [4.69, 9.17) is 4.74 Å². The molecule has 5 nitrogen and oxygen atoms in total. The van der Waals surface area contributed by atoms with Crippen LogP contribution in [0.1, 0.15) is 51.0 Å². The van der Waals surface area contributed by atoms with Gasteiger partial charge in [-0.05, 0) is 24.8 Å². The molecule has 0 spiro atoms. The molecular formula is C22H30N2O3. The third-order valence-corrected chi connectivity index (χ3v) is 7.10. The number of benzene rings is 1. The third kappa shape index (κ3) is 2.96. The highest BCUT2D eigenvalue weighted by Gasteiger charge is 2.54. The SMILES string of the molecule is CN1C(=O)CO[C@@H]2CN(C(=O)C3(C)CCCCC3)CC[C@]21c1ccccc1. The third-order valence-electron chi connectivity index (χ3n) is 7.10. The van der Waals surface area contributed by atoms with E-state index in [1.54, 1.807) is 0 Å². The van der Waals surface area contributed by atoms with Gasteiger partial charge in [0.25, 0.3) is 0 Å². The van der Waals surface area contributed by atoms with Crippen LogP contribution in [0.3, 0.4) is 0 Å². The molecule has 2 atom stereocenters. The molecule has 146 valence electrons. The first-order chi connectivity index (χ1) is 13.0. The van der Waals surface area contributed by atoms with E-state index in [-0.39, 0.29) is 29.9 Å². The molecule has 27 heavy (non-hydrogen) atoms. The number of morpholine rings is 1. The topological polar surface area (TPSA) is 49.9 Å². The maximum absolute atomic E-state index is 13.3. The Bertz CT molecular complexity index is 714. The highest BCUT2D eigenvalue weighted by atomic mass is 16.5. The van der Waals surface area contributed by atoms with E-state index in [2.05, 4.69) is 19.1 Å². The first kappa shape index (κ1) is 18.5. The zero-order valence-electron chi connectivity index (χ0n) is 16.4. The molecule has 1 aromatic carbocycles. The summed E-state index contributed by atoms with van der Waals surface area (Å²) in [4.78, 5) is 29.7. The fourth-order valence-electron chi connectivity index (χ4n) is 5.34. The number of amides is 2. The first-order valence-corrected chi connectivity index (χ1v) is 10.2. The summed E-state index contributed by atoms with van der Waals surface area (Å²) in [6.07, 6.45) is 6.01. The Hall–Kier alpha value is -1.88. The van der Waals surface area contributed by atoms with Crippen molar-refractivity contribution in [2.45, 2.75) is 57.1 Å². The minimum absolute atomic E-state index is 0.00845.